The van der Waals surface area contributed by atoms with Crippen LogP contribution in [-0.4, -0.2) is 47.0 Å². The van der Waals surface area contributed by atoms with Crippen LogP contribution >= 0.6 is 21.1 Å². The molecule has 0 heterocycles. The fraction of sp³-hybridized carbons (Fsp3) is 0.455. The summed E-state index contributed by atoms with van der Waals surface area (Å²) in [5.41, 5.74) is 0.223. The van der Waals surface area contributed by atoms with E-state index in [4.69, 9.17) is 5.11 Å². The standard InChI is InChI=1S/C22H28F2INO5/c23-14-9-15(24)11-16(10-14)26-13-17(27)7-8-18-19(21(28)12-20(18)25-31)5-3-1-2-4-6-22(29)30/h1,3,7-11,17-19,21,26-28,31H,2,4-6,12-13H2,(H,29,30)/b3-1-,8-7+/t17-,18?,19-,21+/m1/s1. The van der Waals surface area contributed by atoms with Crippen LogP contribution in [0.15, 0.2) is 42.5 Å². The molecule has 172 valence electrons. The first-order valence-corrected chi connectivity index (χ1v) is 12.1. The highest BCUT2D eigenvalue weighted by Crippen LogP contribution is 2.36. The molecule has 0 spiro atoms. The molecule has 6 nitrogen and oxygen atoms in total. The number of aliphatic hydroxyl groups is 2. The molecule has 4 atom stereocenters. The van der Waals surface area contributed by atoms with Gasteiger partial charge in [0, 0.05) is 58.2 Å². The van der Waals surface area contributed by atoms with Crippen molar-refractivity contribution in [3.8, 4) is 0 Å². The van der Waals surface area contributed by atoms with Crippen molar-refractivity contribution in [1.82, 2.24) is 0 Å². The number of carbonyl (C=O) groups is 1. The molecule has 0 radical (unpaired) electrons. The quantitative estimate of drug-likeness (QED) is 0.164. The molecule has 9 heteroatoms. The van der Waals surface area contributed by atoms with Gasteiger partial charge in [0.2, 0.25) is 0 Å². The van der Waals surface area contributed by atoms with Crippen molar-refractivity contribution in [2.45, 2.75) is 44.3 Å². The Balaban J connectivity index is 1.92. The number of hydrogen-bond acceptors (Lipinski definition) is 5. The third kappa shape index (κ3) is 8.76. The maximum absolute atomic E-state index is 13.2. The van der Waals surface area contributed by atoms with E-state index in [9.17, 15) is 27.2 Å². The first kappa shape index (κ1) is 25.6. The number of carboxylic acids is 1. The number of rotatable bonds is 11. The molecular formula is C22H28F2INO5. The average molecular weight is 551 g/mol. The molecule has 1 saturated carbocycles. The third-order valence-corrected chi connectivity index (χ3v) is 6.86. The van der Waals surface area contributed by atoms with Crippen LogP contribution < -0.4 is 5.32 Å². The molecule has 1 fully saturated rings. The van der Waals surface area contributed by atoms with Crippen molar-refractivity contribution in [2.75, 3.05) is 11.9 Å². The SMILES string of the molecule is O=C(O)CCC/C=C\C[C@@H]1C(/C=C/[C@@H](O)CNc2cc(F)cc(F)c2)C(=IO)C[C@@H]1O. The molecule has 1 unspecified atom stereocenters. The second-order valence-corrected chi connectivity index (χ2v) is 9.34. The van der Waals surface area contributed by atoms with E-state index in [-0.39, 0.29) is 30.5 Å². The molecule has 0 amide bonds. The Bertz CT molecular complexity index is 810. The number of halogens is 3. The van der Waals surface area contributed by atoms with Crippen LogP contribution in [0.2, 0.25) is 0 Å². The van der Waals surface area contributed by atoms with E-state index in [1.165, 1.54) is 0 Å². The molecule has 1 aromatic rings. The van der Waals surface area contributed by atoms with E-state index in [0.717, 1.165) is 21.7 Å². The lowest BCUT2D eigenvalue weighted by Gasteiger charge is -2.18. The van der Waals surface area contributed by atoms with Gasteiger partial charge in [-0.2, -0.15) is 0 Å². The Kier molecular flexibility index (Phi) is 10.7. The van der Waals surface area contributed by atoms with Gasteiger partial charge in [-0.05, 0) is 40.8 Å². The van der Waals surface area contributed by atoms with Crippen LogP contribution in [-0.2, 0) is 4.79 Å². The molecule has 0 saturated heterocycles. The van der Waals surface area contributed by atoms with E-state index in [1.807, 2.05) is 12.2 Å². The summed E-state index contributed by atoms with van der Waals surface area (Å²) in [6.45, 7) is 0.0479. The molecule has 1 aliphatic rings. The van der Waals surface area contributed by atoms with Crippen molar-refractivity contribution in [3.05, 3.63) is 54.1 Å². The molecule has 1 aliphatic carbocycles. The Hall–Kier alpha value is -1.69. The summed E-state index contributed by atoms with van der Waals surface area (Å²) >= 11 is -1.17. The second kappa shape index (κ2) is 13.0. The van der Waals surface area contributed by atoms with Crippen molar-refractivity contribution in [1.29, 1.82) is 0 Å². The van der Waals surface area contributed by atoms with Crippen molar-refractivity contribution in [2.24, 2.45) is 11.8 Å². The molecule has 2 rings (SSSR count). The van der Waals surface area contributed by atoms with Crippen LogP contribution in [0.3, 0.4) is 0 Å². The number of aliphatic carboxylic acids is 1. The number of aliphatic hydroxyl groups excluding tert-OH is 2. The molecule has 31 heavy (non-hydrogen) atoms. The topological polar surface area (TPSA) is 110 Å². The Morgan fingerprint density at radius 1 is 1.26 bits per heavy atom. The van der Waals surface area contributed by atoms with E-state index in [1.54, 1.807) is 12.2 Å². The van der Waals surface area contributed by atoms with Gasteiger partial charge in [0.25, 0.3) is 0 Å². The maximum Gasteiger partial charge on any atom is 0.303 e. The fourth-order valence-electron chi connectivity index (χ4n) is 3.54. The van der Waals surface area contributed by atoms with Gasteiger partial charge >= 0.3 is 5.97 Å². The highest BCUT2D eigenvalue weighted by Gasteiger charge is 2.37. The number of benzene rings is 1. The average Bonchev–Trinajstić information content (AvgIpc) is 3.01. The van der Waals surface area contributed by atoms with Gasteiger partial charge in [-0.1, -0.05) is 24.3 Å². The largest absolute Gasteiger partial charge is 0.481 e. The van der Waals surface area contributed by atoms with Crippen LogP contribution in [0.1, 0.15) is 32.1 Å². The Morgan fingerprint density at radius 3 is 2.61 bits per heavy atom. The lowest BCUT2D eigenvalue weighted by Crippen LogP contribution is -2.20. The first-order valence-electron chi connectivity index (χ1n) is 10.1. The van der Waals surface area contributed by atoms with Gasteiger partial charge in [-0.3, -0.25) is 4.79 Å². The van der Waals surface area contributed by atoms with E-state index in [0.29, 0.717) is 25.7 Å². The number of carboxylic acid groups (broad SMARTS) is 1. The first-order chi connectivity index (χ1) is 14.8. The van der Waals surface area contributed by atoms with E-state index in [2.05, 4.69) is 5.32 Å². The smallest absolute Gasteiger partial charge is 0.303 e. The van der Waals surface area contributed by atoms with Gasteiger partial charge in [0.05, 0.1) is 12.2 Å². The number of hydrogen-bond donors (Lipinski definition) is 5. The van der Waals surface area contributed by atoms with E-state index >= 15 is 0 Å². The van der Waals surface area contributed by atoms with Gasteiger partial charge in [-0.25, -0.2) is 8.78 Å². The minimum absolute atomic E-state index is 0.0479. The van der Waals surface area contributed by atoms with Gasteiger partial charge in [0.15, 0.2) is 0 Å². The van der Waals surface area contributed by atoms with Gasteiger partial charge in [-0.15, -0.1) is 0 Å². The zero-order chi connectivity index (χ0) is 22.8. The Morgan fingerprint density at radius 2 is 1.97 bits per heavy atom. The summed E-state index contributed by atoms with van der Waals surface area (Å²) in [6.07, 6.45) is 7.96. The minimum atomic E-state index is -1.17. The number of anilines is 1. The van der Waals surface area contributed by atoms with Crippen molar-refractivity contribution >= 4 is 36.3 Å². The highest BCUT2D eigenvalue weighted by atomic mass is 127. The van der Waals surface area contributed by atoms with Crippen LogP contribution in [0.4, 0.5) is 14.5 Å². The molecule has 5 N–H and O–H groups in total. The van der Waals surface area contributed by atoms with Crippen molar-refractivity contribution < 1.29 is 32.3 Å². The molecule has 0 aromatic heterocycles. The summed E-state index contributed by atoms with van der Waals surface area (Å²) < 4.78 is 37.1. The zero-order valence-electron chi connectivity index (χ0n) is 16.9. The van der Waals surface area contributed by atoms with Crippen LogP contribution in [0.5, 0.6) is 0 Å². The second-order valence-electron chi connectivity index (χ2n) is 7.48. The number of nitrogens with one attached hydrogen (secondary N) is 1. The lowest BCUT2D eigenvalue weighted by molar-refractivity contribution is -0.137. The summed E-state index contributed by atoms with van der Waals surface area (Å²) in [5, 5.41) is 32.0. The number of allylic oxidation sites excluding steroid dienone is 3. The van der Waals surface area contributed by atoms with Crippen LogP contribution in [0, 0.1) is 23.5 Å². The normalized spacial score (nSPS) is 24.0. The maximum atomic E-state index is 13.2. The summed E-state index contributed by atoms with van der Waals surface area (Å²) in [4.78, 5) is 10.5. The van der Waals surface area contributed by atoms with Gasteiger partial charge < -0.3 is 24.1 Å². The lowest BCUT2D eigenvalue weighted by atomic mass is 9.90. The molecular weight excluding hydrogens is 523 g/mol. The minimum Gasteiger partial charge on any atom is -0.481 e. The molecule has 0 bridgehead atoms. The number of unbranched alkanes of at least 4 members (excludes halogenated alkanes) is 1. The summed E-state index contributed by atoms with van der Waals surface area (Å²) in [6, 6.07) is 3.03. The van der Waals surface area contributed by atoms with Crippen LogP contribution in [0.25, 0.3) is 0 Å². The predicted molar refractivity (Wildman–Crippen MR) is 124 cm³/mol. The van der Waals surface area contributed by atoms with Gasteiger partial charge in [0.1, 0.15) is 11.6 Å². The monoisotopic (exact) mass is 551 g/mol. The fourth-order valence-corrected chi connectivity index (χ4v) is 5.18. The molecule has 1 aromatic carbocycles. The third-order valence-electron chi connectivity index (χ3n) is 5.08. The van der Waals surface area contributed by atoms with Crippen molar-refractivity contribution in [3.63, 3.8) is 0 Å². The predicted octanol–water partition coefficient (Wildman–Crippen LogP) is 3.54. The summed E-state index contributed by atoms with van der Waals surface area (Å²) in [5.74, 6) is -2.55. The zero-order valence-corrected chi connectivity index (χ0v) is 19.1. The van der Waals surface area contributed by atoms with E-state index < -0.39 is 51.0 Å². The Labute approximate surface area is 190 Å². The highest BCUT2D eigenvalue weighted by molar-refractivity contribution is 14.2. The summed E-state index contributed by atoms with van der Waals surface area (Å²) in [7, 11) is 0. The molecule has 0 aliphatic heterocycles.